The Bertz CT molecular complexity index is 860. The molecule has 0 fully saturated rings. The summed E-state index contributed by atoms with van der Waals surface area (Å²) in [5, 5.41) is 14.1. The Balaban J connectivity index is 1.80. The Hall–Kier alpha value is -2.75. The number of benzene rings is 2. The number of hydrogen-bond donors (Lipinski definition) is 2. The van der Waals surface area contributed by atoms with Crippen LogP contribution in [-0.2, 0) is 16.0 Å². The van der Waals surface area contributed by atoms with Gasteiger partial charge in [-0.1, -0.05) is 81.4 Å². The molecule has 4 nitrogen and oxygen atoms in total. The van der Waals surface area contributed by atoms with Crippen molar-refractivity contribution in [3.05, 3.63) is 83.2 Å². The van der Waals surface area contributed by atoms with E-state index in [-0.39, 0.29) is 17.5 Å². The molecule has 0 aliphatic carbocycles. The van der Waals surface area contributed by atoms with Gasteiger partial charge in [0.2, 0.25) is 0 Å². The van der Waals surface area contributed by atoms with E-state index in [0.29, 0.717) is 18.8 Å². The highest BCUT2D eigenvalue weighted by Gasteiger charge is 2.42. The van der Waals surface area contributed by atoms with Crippen molar-refractivity contribution in [2.75, 3.05) is 0 Å². The number of aliphatic hydroxyl groups excluding tert-OH is 1. The van der Waals surface area contributed by atoms with E-state index in [2.05, 4.69) is 38.2 Å². The lowest BCUT2D eigenvalue weighted by Gasteiger charge is -2.39. The first-order valence-corrected chi connectivity index (χ1v) is 10.9. The van der Waals surface area contributed by atoms with Gasteiger partial charge in [0.05, 0.1) is 6.04 Å². The average molecular weight is 408 g/mol. The van der Waals surface area contributed by atoms with Crippen LogP contribution in [0.3, 0.4) is 0 Å². The minimum atomic E-state index is -0.676. The molecule has 0 radical (unpaired) electrons. The summed E-state index contributed by atoms with van der Waals surface area (Å²) in [7, 11) is 0. The number of cyclic esters (lactones) is 1. The monoisotopic (exact) mass is 407 g/mol. The van der Waals surface area contributed by atoms with Gasteiger partial charge in [0.1, 0.15) is 11.4 Å². The second-order valence-corrected chi connectivity index (χ2v) is 8.67. The molecular weight excluding hydrogens is 374 g/mol. The van der Waals surface area contributed by atoms with Crippen molar-refractivity contribution in [2.45, 2.75) is 64.5 Å². The zero-order chi connectivity index (χ0) is 21.6. The lowest BCUT2D eigenvalue weighted by molar-refractivity contribution is -0.162. The highest BCUT2D eigenvalue weighted by Crippen LogP contribution is 2.38. The molecule has 0 spiro atoms. The van der Waals surface area contributed by atoms with E-state index in [1.807, 2.05) is 48.5 Å². The van der Waals surface area contributed by atoms with E-state index in [4.69, 9.17) is 4.74 Å². The number of hydrogen-bond acceptors (Lipinski definition) is 4. The fraction of sp³-hybridized carbons (Fsp3) is 0.423. The molecule has 2 unspecified atom stereocenters. The van der Waals surface area contributed by atoms with Crippen molar-refractivity contribution < 1.29 is 14.6 Å². The molecule has 2 atom stereocenters. The Kier molecular flexibility index (Phi) is 7.20. The largest absolute Gasteiger partial charge is 0.510 e. The number of rotatable bonds is 9. The van der Waals surface area contributed by atoms with Gasteiger partial charge < -0.3 is 15.2 Å². The molecule has 1 aliphatic rings. The first kappa shape index (κ1) is 21.9. The van der Waals surface area contributed by atoms with Gasteiger partial charge in [-0.15, -0.1) is 0 Å². The van der Waals surface area contributed by atoms with Gasteiger partial charge in [-0.2, -0.15) is 0 Å². The van der Waals surface area contributed by atoms with Crippen LogP contribution in [0.25, 0.3) is 0 Å². The first-order valence-electron chi connectivity index (χ1n) is 10.9. The molecule has 0 saturated heterocycles. The summed E-state index contributed by atoms with van der Waals surface area (Å²) in [6.45, 7) is 6.30. The second-order valence-electron chi connectivity index (χ2n) is 8.67. The zero-order valence-electron chi connectivity index (χ0n) is 18.2. The van der Waals surface area contributed by atoms with Crippen LogP contribution >= 0.6 is 0 Å². The number of esters is 1. The molecule has 1 heterocycles. The van der Waals surface area contributed by atoms with Gasteiger partial charge in [-0.25, -0.2) is 4.79 Å². The summed E-state index contributed by atoms with van der Waals surface area (Å²) in [6.07, 6.45) is 3.35. The Morgan fingerprint density at radius 2 is 1.70 bits per heavy atom. The molecular formula is C26H33NO3. The second kappa shape index (κ2) is 9.84. The van der Waals surface area contributed by atoms with Crippen LogP contribution in [0.4, 0.5) is 0 Å². The summed E-state index contributed by atoms with van der Waals surface area (Å²) in [6, 6.07) is 20.1. The van der Waals surface area contributed by atoms with Crippen LogP contribution in [0.1, 0.15) is 63.6 Å². The molecule has 3 rings (SSSR count). The van der Waals surface area contributed by atoms with E-state index in [1.54, 1.807) is 0 Å². The highest BCUT2D eigenvalue weighted by atomic mass is 16.6. The number of carbonyl (C=O) groups excluding carboxylic acids is 1. The molecule has 30 heavy (non-hydrogen) atoms. The summed E-state index contributed by atoms with van der Waals surface area (Å²) in [5.74, 6) is -0.000206. The molecule has 160 valence electrons. The van der Waals surface area contributed by atoms with Gasteiger partial charge in [-0.3, -0.25) is 0 Å². The molecule has 0 aromatic heterocycles. The fourth-order valence-electron chi connectivity index (χ4n) is 4.33. The maximum absolute atomic E-state index is 13.0. The molecule has 4 heteroatoms. The normalized spacial score (nSPS) is 20.2. The molecule has 1 aliphatic heterocycles. The summed E-state index contributed by atoms with van der Waals surface area (Å²) < 4.78 is 6.05. The van der Waals surface area contributed by atoms with Crippen molar-refractivity contribution >= 4 is 5.97 Å². The Labute approximate surface area is 180 Å². The van der Waals surface area contributed by atoms with E-state index in [9.17, 15) is 9.90 Å². The topological polar surface area (TPSA) is 58.6 Å². The third-order valence-corrected chi connectivity index (χ3v) is 5.71. The van der Waals surface area contributed by atoms with Crippen molar-refractivity contribution in [1.29, 1.82) is 0 Å². The predicted octanol–water partition coefficient (Wildman–Crippen LogP) is 5.86. The van der Waals surface area contributed by atoms with E-state index in [0.717, 1.165) is 24.8 Å². The van der Waals surface area contributed by atoms with E-state index < -0.39 is 11.6 Å². The Morgan fingerprint density at radius 1 is 1.07 bits per heavy atom. The molecule has 0 saturated carbocycles. The third-order valence-electron chi connectivity index (χ3n) is 5.71. The van der Waals surface area contributed by atoms with Crippen molar-refractivity contribution in [1.82, 2.24) is 5.32 Å². The summed E-state index contributed by atoms with van der Waals surface area (Å²) >= 11 is 0. The number of aliphatic hydroxyl groups is 1. The number of carbonyl (C=O) groups is 1. The molecule has 0 amide bonds. The van der Waals surface area contributed by atoms with Crippen LogP contribution in [0.5, 0.6) is 0 Å². The SMILES string of the molecule is CCC(NC1=C(O)CC(CCc2ccccc2)(CC(C)C)OC1=O)c1ccccc1. The average Bonchev–Trinajstić information content (AvgIpc) is 2.73. The first-order chi connectivity index (χ1) is 14.4. The summed E-state index contributed by atoms with van der Waals surface area (Å²) in [4.78, 5) is 13.0. The minimum absolute atomic E-state index is 0.0576. The van der Waals surface area contributed by atoms with Crippen LogP contribution in [0, 0.1) is 5.92 Å². The predicted molar refractivity (Wildman–Crippen MR) is 120 cm³/mol. The van der Waals surface area contributed by atoms with Gasteiger partial charge in [0, 0.05) is 6.42 Å². The van der Waals surface area contributed by atoms with Crippen LogP contribution in [0.2, 0.25) is 0 Å². The maximum atomic E-state index is 13.0. The maximum Gasteiger partial charge on any atom is 0.358 e. The van der Waals surface area contributed by atoms with Crippen molar-refractivity contribution in [3.8, 4) is 0 Å². The van der Waals surface area contributed by atoms with Crippen LogP contribution in [-0.4, -0.2) is 16.7 Å². The number of aryl methyl sites for hydroxylation is 1. The number of ether oxygens (including phenoxy) is 1. The van der Waals surface area contributed by atoms with Gasteiger partial charge in [0.25, 0.3) is 0 Å². The molecule has 2 aromatic rings. The Morgan fingerprint density at radius 3 is 2.27 bits per heavy atom. The van der Waals surface area contributed by atoms with Crippen molar-refractivity contribution in [2.24, 2.45) is 5.92 Å². The molecule has 2 N–H and O–H groups in total. The minimum Gasteiger partial charge on any atom is -0.510 e. The lowest BCUT2D eigenvalue weighted by Crippen LogP contribution is -2.44. The number of nitrogens with one attached hydrogen (secondary N) is 1. The van der Waals surface area contributed by atoms with E-state index >= 15 is 0 Å². The van der Waals surface area contributed by atoms with Gasteiger partial charge in [-0.05, 0) is 42.7 Å². The fourth-order valence-corrected chi connectivity index (χ4v) is 4.33. The third kappa shape index (κ3) is 5.44. The van der Waals surface area contributed by atoms with E-state index in [1.165, 1.54) is 5.56 Å². The highest BCUT2D eigenvalue weighted by molar-refractivity contribution is 5.89. The molecule has 2 aromatic carbocycles. The van der Waals surface area contributed by atoms with Crippen molar-refractivity contribution in [3.63, 3.8) is 0 Å². The zero-order valence-corrected chi connectivity index (χ0v) is 18.2. The van der Waals surface area contributed by atoms with Gasteiger partial charge in [0.15, 0.2) is 5.70 Å². The summed E-state index contributed by atoms with van der Waals surface area (Å²) in [5.41, 5.74) is 1.81. The smallest absolute Gasteiger partial charge is 0.358 e. The van der Waals surface area contributed by atoms with Crippen LogP contribution in [0.15, 0.2) is 72.1 Å². The quantitative estimate of drug-likeness (QED) is 0.511. The van der Waals surface area contributed by atoms with Gasteiger partial charge >= 0.3 is 5.97 Å². The van der Waals surface area contributed by atoms with Crippen LogP contribution < -0.4 is 5.32 Å². The lowest BCUT2D eigenvalue weighted by atomic mass is 9.82. The standard InChI is InChI=1S/C26H33NO3/c1-4-22(21-13-9-6-10-14-21)27-24-23(28)18-26(17-19(2)3,30-25(24)29)16-15-20-11-7-5-8-12-20/h5-14,19,22,27-28H,4,15-18H2,1-3H3. The molecule has 0 bridgehead atoms.